The number of para-hydroxylation sites is 2. The Hall–Kier alpha value is -3.02. The molecular weight excluding hydrogens is 380 g/mol. The van der Waals surface area contributed by atoms with Crippen LogP contribution in [0.15, 0.2) is 48.5 Å². The summed E-state index contributed by atoms with van der Waals surface area (Å²) in [4.78, 5) is 24.8. The van der Waals surface area contributed by atoms with Crippen molar-refractivity contribution in [3.63, 3.8) is 0 Å². The summed E-state index contributed by atoms with van der Waals surface area (Å²) in [5.41, 5.74) is 1.98. The van der Waals surface area contributed by atoms with E-state index < -0.39 is 0 Å². The third kappa shape index (κ3) is 6.24. The molecule has 3 rings (SSSR count). The molecule has 1 aliphatic rings. The van der Waals surface area contributed by atoms with E-state index >= 15 is 0 Å². The Morgan fingerprint density at radius 3 is 1.57 bits per heavy atom. The Morgan fingerprint density at radius 2 is 1.17 bits per heavy atom. The van der Waals surface area contributed by atoms with Crippen LogP contribution in [0.4, 0.5) is 0 Å². The van der Waals surface area contributed by atoms with Crippen molar-refractivity contribution in [2.75, 3.05) is 13.2 Å². The zero-order valence-electron chi connectivity index (χ0n) is 17.6. The number of benzene rings is 2. The Labute approximate surface area is 178 Å². The van der Waals surface area contributed by atoms with E-state index in [-0.39, 0.29) is 37.1 Å². The van der Waals surface area contributed by atoms with Gasteiger partial charge >= 0.3 is 0 Å². The van der Waals surface area contributed by atoms with Crippen LogP contribution in [0.2, 0.25) is 0 Å². The smallest absolute Gasteiger partial charge is 0.258 e. The molecule has 2 aromatic carbocycles. The lowest BCUT2D eigenvalue weighted by atomic mass is 9.90. The van der Waals surface area contributed by atoms with E-state index in [9.17, 15) is 9.59 Å². The largest absolute Gasteiger partial charge is 0.484 e. The van der Waals surface area contributed by atoms with Gasteiger partial charge in [-0.15, -0.1) is 0 Å². The van der Waals surface area contributed by atoms with E-state index in [1.54, 1.807) is 0 Å². The molecule has 30 heavy (non-hydrogen) atoms. The van der Waals surface area contributed by atoms with Crippen molar-refractivity contribution in [3.05, 3.63) is 59.7 Å². The predicted molar refractivity (Wildman–Crippen MR) is 116 cm³/mol. The summed E-state index contributed by atoms with van der Waals surface area (Å²) in [5, 5.41) is 6.05. The number of rotatable bonds is 8. The molecule has 0 saturated heterocycles. The number of amides is 2. The van der Waals surface area contributed by atoms with Crippen LogP contribution >= 0.6 is 0 Å². The van der Waals surface area contributed by atoms with Crippen molar-refractivity contribution >= 4 is 11.8 Å². The molecule has 0 unspecified atom stereocenters. The van der Waals surface area contributed by atoms with Crippen LogP contribution < -0.4 is 20.1 Å². The van der Waals surface area contributed by atoms with Crippen LogP contribution in [0.25, 0.3) is 0 Å². The van der Waals surface area contributed by atoms with Crippen LogP contribution in [-0.4, -0.2) is 37.1 Å². The van der Waals surface area contributed by atoms with E-state index in [0.29, 0.717) is 11.5 Å². The highest BCUT2D eigenvalue weighted by molar-refractivity contribution is 5.79. The maximum absolute atomic E-state index is 12.4. The molecule has 0 aromatic heterocycles. The number of carbonyl (C=O) groups excluding carboxylic acids is 2. The second kappa shape index (κ2) is 10.7. The van der Waals surface area contributed by atoms with E-state index in [1.807, 2.05) is 62.4 Å². The number of ether oxygens (including phenoxy) is 2. The van der Waals surface area contributed by atoms with Gasteiger partial charge in [0.25, 0.3) is 11.8 Å². The maximum atomic E-state index is 12.4. The van der Waals surface area contributed by atoms with E-state index in [2.05, 4.69) is 10.6 Å². The first-order valence-electron chi connectivity index (χ1n) is 10.5. The van der Waals surface area contributed by atoms with Crippen molar-refractivity contribution < 1.29 is 19.1 Å². The monoisotopic (exact) mass is 410 g/mol. The number of nitrogens with one attached hydrogen (secondary N) is 2. The maximum Gasteiger partial charge on any atom is 0.258 e. The van der Waals surface area contributed by atoms with Crippen LogP contribution in [0.3, 0.4) is 0 Å². The minimum Gasteiger partial charge on any atom is -0.484 e. The summed E-state index contributed by atoms with van der Waals surface area (Å²) in [6.45, 7) is 3.80. The summed E-state index contributed by atoms with van der Waals surface area (Å²) < 4.78 is 11.3. The van der Waals surface area contributed by atoms with Crippen molar-refractivity contribution in [1.82, 2.24) is 10.6 Å². The van der Waals surface area contributed by atoms with E-state index in [1.165, 1.54) is 0 Å². The molecule has 2 aromatic rings. The van der Waals surface area contributed by atoms with Gasteiger partial charge < -0.3 is 20.1 Å². The molecule has 1 saturated carbocycles. The van der Waals surface area contributed by atoms with Crippen LogP contribution in [0, 0.1) is 13.8 Å². The second-order valence-electron chi connectivity index (χ2n) is 7.74. The first kappa shape index (κ1) is 21.7. The van der Waals surface area contributed by atoms with Gasteiger partial charge in [0, 0.05) is 12.1 Å². The van der Waals surface area contributed by atoms with E-state index in [4.69, 9.17) is 9.47 Å². The quantitative estimate of drug-likeness (QED) is 0.700. The molecule has 1 fully saturated rings. The predicted octanol–water partition coefficient (Wildman–Crippen LogP) is 3.30. The molecule has 0 aliphatic heterocycles. The average Bonchev–Trinajstić information content (AvgIpc) is 2.74. The lowest BCUT2D eigenvalue weighted by molar-refractivity contribution is -0.127. The van der Waals surface area contributed by atoms with Crippen molar-refractivity contribution in [1.29, 1.82) is 0 Å². The van der Waals surface area contributed by atoms with Gasteiger partial charge in [-0.2, -0.15) is 0 Å². The first-order valence-corrected chi connectivity index (χ1v) is 10.5. The molecule has 1 aliphatic carbocycles. The van der Waals surface area contributed by atoms with Gasteiger partial charge in [-0.25, -0.2) is 0 Å². The molecule has 2 N–H and O–H groups in total. The topological polar surface area (TPSA) is 76.7 Å². The fourth-order valence-electron chi connectivity index (χ4n) is 3.70. The third-order valence-electron chi connectivity index (χ3n) is 5.36. The number of hydrogen-bond donors (Lipinski definition) is 2. The average molecular weight is 411 g/mol. The Bertz CT molecular complexity index is 796. The molecule has 0 spiro atoms. The van der Waals surface area contributed by atoms with Crippen LogP contribution in [0.5, 0.6) is 11.5 Å². The van der Waals surface area contributed by atoms with Gasteiger partial charge in [-0.1, -0.05) is 49.2 Å². The normalized spacial score (nSPS) is 18.3. The second-order valence-corrected chi connectivity index (χ2v) is 7.74. The molecule has 6 heteroatoms. The minimum absolute atomic E-state index is 0.0432. The van der Waals surface area contributed by atoms with Gasteiger partial charge in [0.1, 0.15) is 11.5 Å². The summed E-state index contributed by atoms with van der Waals surface area (Å²) in [6.07, 6.45) is 3.71. The molecule has 2 amide bonds. The highest BCUT2D eigenvalue weighted by Crippen LogP contribution is 2.20. The Balaban J connectivity index is 1.48. The minimum atomic E-state index is -0.180. The molecular formula is C24H30N2O4. The first-order chi connectivity index (χ1) is 14.5. The Kier molecular flexibility index (Phi) is 7.71. The van der Waals surface area contributed by atoms with Crippen LogP contribution in [0.1, 0.15) is 36.8 Å². The number of aryl methyl sites for hydroxylation is 2. The van der Waals surface area contributed by atoms with Gasteiger partial charge in [0.05, 0.1) is 0 Å². The Morgan fingerprint density at radius 1 is 0.767 bits per heavy atom. The zero-order valence-corrected chi connectivity index (χ0v) is 17.6. The summed E-state index contributed by atoms with van der Waals surface area (Å²) in [6, 6.07) is 15.0. The zero-order chi connectivity index (χ0) is 21.3. The summed E-state index contributed by atoms with van der Waals surface area (Å²) in [7, 11) is 0. The van der Waals surface area contributed by atoms with Gasteiger partial charge in [-0.3, -0.25) is 9.59 Å². The molecule has 6 nitrogen and oxygen atoms in total. The van der Waals surface area contributed by atoms with Crippen molar-refractivity contribution in [3.8, 4) is 11.5 Å². The highest BCUT2D eigenvalue weighted by Gasteiger charge is 2.28. The van der Waals surface area contributed by atoms with Crippen LogP contribution in [-0.2, 0) is 9.59 Å². The van der Waals surface area contributed by atoms with E-state index in [0.717, 1.165) is 36.8 Å². The fraction of sp³-hybridized carbons (Fsp3) is 0.417. The molecule has 160 valence electrons. The molecule has 0 heterocycles. The lowest BCUT2D eigenvalue weighted by Gasteiger charge is -2.32. The van der Waals surface area contributed by atoms with Crippen molar-refractivity contribution in [2.45, 2.75) is 51.6 Å². The fourth-order valence-corrected chi connectivity index (χ4v) is 3.70. The van der Waals surface area contributed by atoms with Crippen molar-refractivity contribution in [2.24, 2.45) is 0 Å². The number of hydrogen-bond acceptors (Lipinski definition) is 4. The third-order valence-corrected chi connectivity index (χ3v) is 5.36. The van der Waals surface area contributed by atoms with Gasteiger partial charge in [0.15, 0.2) is 13.2 Å². The summed E-state index contributed by atoms with van der Waals surface area (Å²) >= 11 is 0. The standard InChI is InChI=1S/C24H30N2O4/c1-17-9-3-7-13-21(17)29-15-23(27)25-19-11-5-6-12-20(19)26-24(28)16-30-22-14-8-4-10-18(22)2/h3-4,7-10,13-14,19-20H,5-6,11-12,15-16H2,1-2H3,(H,25,27)(H,26,28)/t19-,20+. The molecule has 0 radical (unpaired) electrons. The summed E-state index contributed by atoms with van der Waals surface area (Å²) in [5.74, 6) is 1.05. The highest BCUT2D eigenvalue weighted by atomic mass is 16.5. The molecule has 2 atom stereocenters. The number of carbonyl (C=O) groups is 2. The SMILES string of the molecule is Cc1ccccc1OCC(=O)N[C@H]1CCCC[C@H]1NC(=O)COc1ccccc1C. The lowest BCUT2D eigenvalue weighted by Crippen LogP contribution is -2.54. The van der Waals surface area contributed by atoms with Gasteiger partial charge in [0.2, 0.25) is 0 Å². The van der Waals surface area contributed by atoms with Gasteiger partial charge in [-0.05, 0) is 49.9 Å². The molecule has 0 bridgehead atoms.